The van der Waals surface area contributed by atoms with Gasteiger partial charge in [-0.2, -0.15) is 0 Å². The Labute approximate surface area is 205 Å². The Balaban J connectivity index is 1.97. The Hall–Kier alpha value is -2.53. The van der Waals surface area contributed by atoms with E-state index in [-0.39, 0.29) is 18.6 Å². The van der Waals surface area contributed by atoms with Crippen molar-refractivity contribution in [3.8, 4) is 11.5 Å². The zero-order valence-electron chi connectivity index (χ0n) is 18.0. The molecule has 3 rings (SSSR count). The summed E-state index contributed by atoms with van der Waals surface area (Å²) in [6.07, 6.45) is 1.82. The minimum absolute atomic E-state index is 0.0351. The molecule has 7 nitrogen and oxygen atoms in total. The first-order valence-electron chi connectivity index (χ1n) is 10.0. The van der Waals surface area contributed by atoms with Crippen molar-refractivity contribution in [2.24, 2.45) is 10.7 Å². The number of nitrogens with zero attached hydrogens (tertiary/aromatic N) is 2. The molecule has 0 bridgehead atoms. The van der Waals surface area contributed by atoms with Crippen molar-refractivity contribution in [1.29, 1.82) is 0 Å². The normalized spacial score (nSPS) is 16.3. The van der Waals surface area contributed by atoms with Crippen molar-refractivity contribution >= 4 is 63.1 Å². The van der Waals surface area contributed by atoms with Crippen molar-refractivity contribution in [2.75, 3.05) is 13.2 Å². The highest BCUT2D eigenvalue weighted by Gasteiger charge is 2.35. The molecule has 2 amide bonds. The number of aliphatic imine (C=N–C) groups is 1. The molecule has 2 aromatic rings. The predicted molar refractivity (Wildman–Crippen MR) is 136 cm³/mol. The number of amidine groups is 1. The summed E-state index contributed by atoms with van der Waals surface area (Å²) < 4.78 is 12.0. The van der Waals surface area contributed by atoms with Crippen LogP contribution in [-0.2, 0) is 9.59 Å². The molecule has 1 aliphatic rings. The number of thioether (sulfide) groups is 1. The SMILES string of the molecule is CCOc1cc(/C=C2/SC(=Nc3ccccc3)N(C(C)C)C2=O)cc(I)c1OCC(N)=O. The van der Waals surface area contributed by atoms with Crippen LogP contribution in [0.3, 0.4) is 0 Å². The van der Waals surface area contributed by atoms with Gasteiger partial charge in [0.15, 0.2) is 23.3 Å². The maximum Gasteiger partial charge on any atom is 0.266 e. The van der Waals surface area contributed by atoms with E-state index in [9.17, 15) is 9.59 Å². The van der Waals surface area contributed by atoms with Gasteiger partial charge in [-0.15, -0.1) is 0 Å². The van der Waals surface area contributed by atoms with Crippen molar-refractivity contribution in [1.82, 2.24) is 4.90 Å². The average molecular weight is 565 g/mol. The molecule has 2 aromatic carbocycles. The Morgan fingerprint density at radius 2 is 1.97 bits per heavy atom. The molecule has 0 unspecified atom stereocenters. The van der Waals surface area contributed by atoms with Crippen LogP contribution in [0.4, 0.5) is 5.69 Å². The summed E-state index contributed by atoms with van der Waals surface area (Å²) in [6.45, 7) is 5.96. The van der Waals surface area contributed by atoms with Gasteiger partial charge in [-0.3, -0.25) is 14.5 Å². The predicted octanol–water partition coefficient (Wildman–Crippen LogP) is 4.57. The number of benzene rings is 2. The molecular formula is C23H24IN3O4S. The molecule has 1 heterocycles. The van der Waals surface area contributed by atoms with Gasteiger partial charge in [0.25, 0.3) is 11.8 Å². The second-order valence-corrected chi connectivity index (χ2v) is 9.30. The first-order chi connectivity index (χ1) is 15.3. The van der Waals surface area contributed by atoms with Gasteiger partial charge in [-0.05, 0) is 91.0 Å². The van der Waals surface area contributed by atoms with Crippen LogP contribution in [0, 0.1) is 3.57 Å². The van der Waals surface area contributed by atoms with Crippen LogP contribution in [0.5, 0.6) is 11.5 Å². The van der Waals surface area contributed by atoms with Gasteiger partial charge in [0, 0.05) is 6.04 Å². The Bertz CT molecular complexity index is 1070. The summed E-state index contributed by atoms with van der Waals surface area (Å²) in [7, 11) is 0. The van der Waals surface area contributed by atoms with E-state index < -0.39 is 5.91 Å². The molecule has 1 fully saturated rings. The maximum absolute atomic E-state index is 13.1. The van der Waals surface area contributed by atoms with Gasteiger partial charge in [-0.1, -0.05) is 18.2 Å². The third kappa shape index (κ3) is 5.83. The average Bonchev–Trinajstić information content (AvgIpc) is 3.03. The van der Waals surface area contributed by atoms with E-state index in [0.29, 0.717) is 28.2 Å². The summed E-state index contributed by atoms with van der Waals surface area (Å²) in [4.78, 5) is 31.2. The monoisotopic (exact) mass is 565 g/mol. The molecule has 1 saturated heterocycles. The van der Waals surface area contributed by atoms with E-state index in [4.69, 9.17) is 15.2 Å². The van der Waals surface area contributed by atoms with Crippen molar-refractivity contribution in [2.45, 2.75) is 26.8 Å². The lowest BCUT2D eigenvalue weighted by Crippen LogP contribution is -2.35. The van der Waals surface area contributed by atoms with Gasteiger partial charge < -0.3 is 15.2 Å². The number of carbonyl (C=O) groups is 2. The quantitative estimate of drug-likeness (QED) is 0.374. The number of nitrogens with two attached hydrogens (primary N) is 1. The first-order valence-corrected chi connectivity index (χ1v) is 11.9. The second-order valence-electron chi connectivity index (χ2n) is 7.13. The van der Waals surface area contributed by atoms with E-state index in [1.165, 1.54) is 11.8 Å². The molecule has 1 aliphatic heterocycles. The second kappa shape index (κ2) is 10.9. The number of rotatable bonds is 8. The smallest absolute Gasteiger partial charge is 0.266 e. The van der Waals surface area contributed by atoms with Gasteiger partial charge in [0.1, 0.15) is 0 Å². The lowest BCUT2D eigenvalue weighted by Gasteiger charge is -2.19. The number of para-hydroxylation sites is 1. The van der Waals surface area contributed by atoms with E-state index in [1.54, 1.807) is 11.0 Å². The van der Waals surface area contributed by atoms with E-state index in [1.807, 2.05) is 63.2 Å². The fourth-order valence-electron chi connectivity index (χ4n) is 3.00. The minimum Gasteiger partial charge on any atom is -0.490 e. The Morgan fingerprint density at radius 3 is 2.59 bits per heavy atom. The van der Waals surface area contributed by atoms with Crippen LogP contribution in [0.25, 0.3) is 6.08 Å². The third-order valence-electron chi connectivity index (χ3n) is 4.32. The van der Waals surface area contributed by atoms with Gasteiger partial charge in [0.05, 0.1) is 20.8 Å². The van der Waals surface area contributed by atoms with Crippen molar-refractivity contribution < 1.29 is 19.1 Å². The molecule has 0 radical (unpaired) electrons. The number of amides is 2. The Kier molecular flexibility index (Phi) is 8.19. The number of primary amides is 1. The largest absolute Gasteiger partial charge is 0.490 e. The molecule has 0 aliphatic carbocycles. The summed E-state index contributed by atoms with van der Waals surface area (Å²) >= 11 is 3.45. The molecule has 0 spiro atoms. The van der Waals surface area contributed by atoms with E-state index >= 15 is 0 Å². The lowest BCUT2D eigenvalue weighted by molar-refractivity contribution is -0.123. The minimum atomic E-state index is -0.568. The molecule has 9 heteroatoms. The highest BCUT2D eigenvalue weighted by atomic mass is 127. The fraction of sp³-hybridized carbons (Fsp3) is 0.261. The number of halogens is 1. The summed E-state index contributed by atoms with van der Waals surface area (Å²) in [6, 6.07) is 13.2. The van der Waals surface area contributed by atoms with Crippen LogP contribution in [0.1, 0.15) is 26.3 Å². The molecule has 0 atom stereocenters. The van der Waals surface area contributed by atoms with Crippen molar-refractivity contribution in [3.63, 3.8) is 0 Å². The number of carbonyl (C=O) groups excluding carboxylic acids is 2. The topological polar surface area (TPSA) is 94.2 Å². The van der Waals surface area contributed by atoms with Crippen LogP contribution < -0.4 is 15.2 Å². The number of ether oxygens (including phenoxy) is 2. The molecule has 0 saturated carbocycles. The number of hydrogen-bond acceptors (Lipinski definition) is 6. The van der Waals surface area contributed by atoms with E-state index in [2.05, 4.69) is 27.6 Å². The standard InChI is InChI=1S/C23H24IN3O4S/c1-4-30-18-11-15(10-17(24)21(18)31-13-20(25)28)12-19-22(29)27(14(2)3)23(32-19)26-16-8-6-5-7-9-16/h5-12,14H,4,13H2,1-3H3,(H2,25,28)/b19-12+,26-23?. The van der Waals surface area contributed by atoms with Crippen LogP contribution in [0.15, 0.2) is 52.4 Å². The number of hydrogen-bond donors (Lipinski definition) is 1. The highest BCUT2D eigenvalue weighted by molar-refractivity contribution is 14.1. The Morgan fingerprint density at radius 1 is 1.25 bits per heavy atom. The molecule has 168 valence electrons. The first kappa shape index (κ1) is 24.1. The van der Waals surface area contributed by atoms with Gasteiger partial charge >= 0.3 is 0 Å². The maximum atomic E-state index is 13.1. The zero-order valence-corrected chi connectivity index (χ0v) is 21.0. The van der Waals surface area contributed by atoms with Crippen LogP contribution in [0.2, 0.25) is 0 Å². The summed E-state index contributed by atoms with van der Waals surface area (Å²) in [5.74, 6) is 0.277. The van der Waals surface area contributed by atoms with Crippen molar-refractivity contribution in [3.05, 3.63) is 56.5 Å². The highest BCUT2D eigenvalue weighted by Crippen LogP contribution is 2.38. The zero-order chi connectivity index (χ0) is 23.3. The van der Waals surface area contributed by atoms with Gasteiger partial charge in [-0.25, -0.2) is 4.99 Å². The van der Waals surface area contributed by atoms with Crippen LogP contribution >= 0.6 is 34.4 Å². The summed E-state index contributed by atoms with van der Waals surface area (Å²) in [5.41, 5.74) is 6.77. The van der Waals surface area contributed by atoms with Gasteiger partial charge in [0.2, 0.25) is 0 Å². The molecule has 32 heavy (non-hydrogen) atoms. The van der Waals surface area contributed by atoms with Crippen LogP contribution in [-0.4, -0.2) is 41.1 Å². The molecule has 0 aromatic heterocycles. The fourth-order valence-corrected chi connectivity index (χ4v) is 4.90. The summed E-state index contributed by atoms with van der Waals surface area (Å²) in [5, 5.41) is 0.642. The molecule has 2 N–H and O–H groups in total. The van der Waals surface area contributed by atoms with E-state index in [0.717, 1.165) is 14.8 Å². The third-order valence-corrected chi connectivity index (χ3v) is 6.11. The lowest BCUT2D eigenvalue weighted by atomic mass is 10.1. The molecular weight excluding hydrogens is 541 g/mol.